The van der Waals surface area contributed by atoms with E-state index in [1.165, 1.54) is 17.5 Å². The first-order valence-corrected chi connectivity index (χ1v) is 7.69. The largest absolute Gasteiger partial charge is 0.469 e. The second-order valence-corrected chi connectivity index (χ2v) is 5.60. The Bertz CT molecular complexity index is 546. The highest BCUT2D eigenvalue weighted by molar-refractivity contribution is 5.31. The number of rotatable bonds is 6. The Hall–Kier alpha value is -1.54. The van der Waals surface area contributed by atoms with Crippen molar-refractivity contribution in [3.05, 3.63) is 59.5 Å². The van der Waals surface area contributed by atoms with Crippen molar-refractivity contribution in [3.63, 3.8) is 0 Å². The average molecular weight is 269 g/mol. The van der Waals surface area contributed by atoms with Crippen LogP contribution in [0.4, 0.5) is 0 Å². The van der Waals surface area contributed by atoms with Gasteiger partial charge in [-0.15, -0.1) is 0 Å². The molecular weight excluding hydrogens is 246 g/mol. The smallest absolute Gasteiger partial charge is 0.108 e. The van der Waals surface area contributed by atoms with E-state index in [1.54, 1.807) is 0 Å². The molecule has 1 fully saturated rings. The molecule has 106 valence electrons. The van der Waals surface area contributed by atoms with Crippen LogP contribution in [0.1, 0.15) is 49.1 Å². The van der Waals surface area contributed by atoms with Gasteiger partial charge >= 0.3 is 0 Å². The summed E-state index contributed by atoms with van der Waals surface area (Å²) < 4.78 is 5.62. The van der Waals surface area contributed by atoms with Gasteiger partial charge in [-0.05, 0) is 36.4 Å². The van der Waals surface area contributed by atoms with E-state index in [9.17, 15) is 0 Å². The predicted octanol–water partition coefficient (Wildman–Crippen LogP) is 4.30. The van der Waals surface area contributed by atoms with E-state index in [-0.39, 0.29) is 0 Å². The molecule has 1 N–H and O–H groups in total. The monoisotopic (exact) mass is 269 g/mol. The van der Waals surface area contributed by atoms with E-state index in [2.05, 4.69) is 55.6 Å². The molecule has 0 radical (unpaired) electrons. The number of benzene rings is 1. The van der Waals surface area contributed by atoms with Crippen LogP contribution in [-0.4, -0.2) is 6.54 Å². The summed E-state index contributed by atoms with van der Waals surface area (Å²) in [6.07, 6.45) is 4.07. The van der Waals surface area contributed by atoms with Crippen LogP contribution in [0.2, 0.25) is 0 Å². The lowest BCUT2D eigenvalue weighted by atomic mass is 9.98. The maximum Gasteiger partial charge on any atom is 0.108 e. The normalized spacial score (nSPS) is 22.7. The molecule has 0 bridgehead atoms. The van der Waals surface area contributed by atoms with E-state index in [0.717, 1.165) is 18.7 Å². The Kier molecular flexibility index (Phi) is 3.93. The summed E-state index contributed by atoms with van der Waals surface area (Å²) in [6, 6.07) is 13.5. The molecular formula is C18H23NO. The third kappa shape index (κ3) is 2.53. The van der Waals surface area contributed by atoms with Crippen molar-refractivity contribution in [2.75, 3.05) is 6.54 Å². The second kappa shape index (κ2) is 5.84. The first kappa shape index (κ1) is 13.4. The average Bonchev–Trinajstić information content (AvgIpc) is 3.14. The summed E-state index contributed by atoms with van der Waals surface area (Å²) in [6.45, 7) is 5.34. The molecule has 0 aliphatic heterocycles. The highest BCUT2D eigenvalue weighted by Crippen LogP contribution is 2.54. The molecule has 1 aromatic carbocycles. The van der Waals surface area contributed by atoms with Crippen molar-refractivity contribution in [1.29, 1.82) is 0 Å². The van der Waals surface area contributed by atoms with Gasteiger partial charge in [0.25, 0.3) is 0 Å². The van der Waals surface area contributed by atoms with E-state index < -0.39 is 0 Å². The van der Waals surface area contributed by atoms with Gasteiger partial charge in [0, 0.05) is 18.0 Å². The first-order chi connectivity index (χ1) is 9.85. The second-order valence-electron chi connectivity index (χ2n) is 5.60. The van der Waals surface area contributed by atoms with Gasteiger partial charge in [-0.3, -0.25) is 0 Å². The molecule has 1 aliphatic carbocycles. The molecule has 1 saturated carbocycles. The van der Waals surface area contributed by atoms with Crippen molar-refractivity contribution in [2.45, 2.75) is 38.6 Å². The van der Waals surface area contributed by atoms with Gasteiger partial charge in [-0.25, -0.2) is 0 Å². The van der Waals surface area contributed by atoms with Crippen LogP contribution in [0.3, 0.4) is 0 Å². The number of nitrogens with one attached hydrogen (secondary N) is 1. The molecule has 20 heavy (non-hydrogen) atoms. The van der Waals surface area contributed by atoms with E-state index in [1.807, 2.05) is 6.26 Å². The number of hydrogen-bond donors (Lipinski definition) is 1. The third-order valence-corrected chi connectivity index (χ3v) is 4.36. The minimum absolute atomic E-state index is 0.430. The Morgan fingerprint density at radius 3 is 2.70 bits per heavy atom. The molecule has 3 atom stereocenters. The summed E-state index contributed by atoms with van der Waals surface area (Å²) in [7, 11) is 0. The van der Waals surface area contributed by atoms with Crippen molar-refractivity contribution >= 4 is 0 Å². The molecule has 1 aromatic heterocycles. The number of furan rings is 1. The van der Waals surface area contributed by atoms with Crippen LogP contribution >= 0.6 is 0 Å². The minimum Gasteiger partial charge on any atom is -0.469 e. The molecule has 2 heteroatoms. The third-order valence-electron chi connectivity index (χ3n) is 4.36. The molecule has 2 nitrogen and oxygen atoms in total. The van der Waals surface area contributed by atoms with Crippen LogP contribution in [0.5, 0.6) is 0 Å². The van der Waals surface area contributed by atoms with Crippen molar-refractivity contribution < 1.29 is 4.42 Å². The molecule has 0 saturated heterocycles. The summed E-state index contributed by atoms with van der Waals surface area (Å²) >= 11 is 0. The molecule has 1 heterocycles. The standard InChI is InChI=1S/C18H23NO/c1-3-17-14(10-11-20-17)18(19-4-2)16-12-15(16)13-8-6-5-7-9-13/h5-11,15-16,18-19H,3-4,12H2,1-2H3. The summed E-state index contributed by atoms with van der Waals surface area (Å²) in [5, 5.41) is 3.66. The van der Waals surface area contributed by atoms with Crippen LogP contribution in [0, 0.1) is 5.92 Å². The SMILES string of the molecule is CCNC(c1ccoc1CC)C1CC1c1ccccc1. The Morgan fingerprint density at radius 1 is 1.20 bits per heavy atom. The highest BCUT2D eigenvalue weighted by Gasteiger charge is 2.44. The van der Waals surface area contributed by atoms with E-state index in [4.69, 9.17) is 4.42 Å². The van der Waals surface area contributed by atoms with Gasteiger partial charge < -0.3 is 9.73 Å². The van der Waals surface area contributed by atoms with Gasteiger partial charge in [-0.2, -0.15) is 0 Å². The molecule has 1 aliphatic rings. The summed E-state index contributed by atoms with van der Waals surface area (Å²) in [5.41, 5.74) is 2.83. The number of hydrogen-bond acceptors (Lipinski definition) is 2. The Morgan fingerprint density at radius 2 is 2.00 bits per heavy atom. The lowest BCUT2D eigenvalue weighted by Gasteiger charge is -2.18. The van der Waals surface area contributed by atoms with Gasteiger partial charge in [0.15, 0.2) is 0 Å². The number of aryl methyl sites for hydroxylation is 1. The van der Waals surface area contributed by atoms with Crippen LogP contribution in [0.15, 0.2) is 47.1 Å². The fraction of sp³-hybridized carbons (Fsp3) is 0.444. The first-order valence-electron chi connectivity index (χ1n) is 7.69. The fourth-order valence-corrected chi connectivity index (χ4v) is 3.29. The van der Waals surface area contributed by atoms with Crippen molar-refractivity contribution in [1.82, 2.24) is 5.32 Å². The minimum atomic E-state index is 0.430. The van der Waals surface area contributed by atoms with Crippen molar-refractivity contribution in [3.8, 4) is 0 Å². The van der Waals surface area contributed by atoms with E-state index in [0.29, 0.717) is 17.9 Å². The maximum atomic E-state index is 5.62. The Labute approximate surface area is 121 Å². The molecule has 3 unspecified atom stereocenters. The summed E-state index contributed by atoms with van der Waals surface area (Å²) in [4.78, 5) is 0. The molecule has 0 spiro atoms. The fourth-order valence-electron chi connectivity index (χ4n) is 3.29. The zero-order valence-electron chi connectivity index (χ0n) is 12.3. The zero-order chi connectivity index (χ0) is 13.9. The lowest BCUT2D eigenvalue weighted by Crippen LogP contribution is -2.23. The quantitative estimate of drug-likeness (QED) is 0.846. The van der Waals surface area contributed by atoms with Gasteiger partial charge in [0.05, 0.1) is 6.26 Å². The van der Waals surface area contributed by atoms with Gasteiger partial charge in [0.1, 0.15) is 5.76 Å². The molecule has 2 aromatic rings. The molecule has 0 amide bonds. The lowest BCUT2D eigenvalue weighted by molar-refractivity contribution is 0.458. The highest BCUT2D eigenvalue weighted by atomic mass is 16.3. The van der Waals surface area contributed by atoms with Crippen molar-refractivity contribution in [2.24, 2.45) is 5.92 Å². The van der Waals surface area contributed by atoms with Gasteiger partial charge in [-0.1, -0.05) is 44.2 Å². The zero-order valence-corrected chi connectivity index (χ0v) is 12.3. The van der Waals surface area contributed by atoms with E-state index >= 15 is 0 Å². The topological polar surface area (TPSA) is 25.2 Å². The van der Waals surface area contributed by atoms with Crippen LogP contribution in [0.25, 0.3) is 0 Å². The molecule has 3 rings (SSSR count). The Balaban J connectivity index is 1.80. The van der Waals surface area contributed by atoms with Crippen LogP contribution < -0.4 is 5.32 Å². The van der Waals surface area contributed by atoms with Crippen LogP contribution in [-0.2, 0) is 6.42 Å². The van der Waals surface area contributed by atoms with Gasteiger partial charge in [0.2, 0.25) is 0 Å². The predicted molar refractivity (Wildman–Crippen MR) is 81.8 cm³/mol. The maximum absolute atomic E-state index is 5.62. The summed E-state index contributed by atoms with van der Waals surface area (Å²) in [5.74, 6) is 2.52.